The van der Waals surface area contributed by atoms with E-state index >= 15 is 0 Å². The Morgan fingerprint density at radius 3 is 2.88 bits per heavy atom. The summed E-state index contributed by atoms with van der Waals surface area (Å²) in [5, 5.41) is 12.9. The van der Waals surface area contributed by atoms with Crippen molar-refractivity contribution in [3.63, 3.8) is 0 Å². The van der Waals surface area contributed by atoms with Crippen molar-refractivity contribution in [2.75, 3.05) is 0 Å². The Bertz CT molecular complexity index is 575. The van der Waals surface area contributed by atoms with Crippen LogP contribution in [0.4, 0.5) is 5.69 Å². The highest BCUT2D eigenvalue weighted by Gasteiger charge is 2.12. The molecule has 0 amide bonds. The standard InChI is InChI=1S/C9H4BrClN2O3S/c10-6-2-1-5(13(14)15)3-7(6)16-9-12-8(11)4-17-9/h1-4H. The molecule has 5 nitrogen and oxygen atoms in total. The molecule has 0 radical (unpaired) electrons. The summed E-state index contributed by atoms with van der Waals surface area (Å²) in [4.78, 5) is 14.0. The van der Waals surface area contributed by atoms with Gasteiger partial charge in [-0.2, -0.15) is 4.98 Å². The molecule has 0 saturated heterocycles. The number of nitro groups is 1. The molecule has 0 N–H and O–H groups in total. The lowest BCUT2D eigenvalue weighted by atomic mass is 10.3. The summed E-state index contributed by atoms with van der Waals surface area (Å²) in [5.41, 5.74) is -0.0501. The Balaban J connectivity index is 2.31. The summed E-state index contributed by atoms with van der Waals surface area (Å²) >= 11 is 10.1. The zero-order chi connectivity index (χ0) is 12.4. The second-order valence-corrected chi connectivity index (χ2v) is 4.97. The lowest BCUT2D eigenvalue weighted by molar-refractivity contribution is -0.384. The molecule has 0 spiro atoms. The van der Waals surface area contributed by atoms with Crippen molar-refractivity contribution in [1.29, 1.82) is 0 Å². The molecule has 17 heavy (non-hydrogen) atoms. The number of ether oxygens (including phenoxy) is 1. The van der Waals surface area contributed by atoms with E-state index in [2.05, 4.69) is 20.9 Å². The molecule has 0 fully saturated rings. The Morgan fingerprint density at radius 2 is 2.29 bits per heavy atom. The van der Waals surface area contributed by atoms with E-state index in [1.165, 1.54) is 23.5 Å². The van der Waals surface area contributed by atoms with Crippen LogP contribution in [0.3, 0.4) is 0 Å². The quantitative estimate of drug-likeness (QED) is 0.621. The maximum Gasteiger partial charge on any atom is 0.280 e. The smallest absolute Gasteiger partial charge is 0.280 e. The number of aromatic nitrogens is 1. The number of nitro benzene ring substituents is 1. The van der Waals surface area contributed by atoms with Gasteiger partial charge in [-0.3, -0.25) is 10.1 Å². The van der Waals surface area contributed by atoms with Crippen LogP contribution >= 0.6 is 38.9 Å². The third-order valence-electron chi connectivity index (χ3n) is 1.78. The number of rotatable bonds is 3. The van der Waals surface area contributed by atoms with E-state index in [1.807, 2.05) is 0 Å². The largest absolute Gasteiger partial charge is 0.429 e. The number of hydrogen-bond donors (Lipinski definition) is 0. The molecule has 0 aliphatic rings. The van der Waals surface area contributed by atoms with Crippen LogP contribution in [0.1, 0.15) is 0 Å². The molecule has 1 heterocycles. The van der Waals surface area contributed by atoms with Gasteiger partial charge in [0, 0.05) is 11.4 Å². The van der Waals surface area contributed by atoms with Crippen LogP contribution in [0.15, 0.2) is 28.1 Å². The number of halogens is 2. The van der Waals surface area contributed by atoms with Gasteiger partial charge in [0.25, 0.3) is 10.9 Å². The van der Waals surface area contributed by atoms with E-state index < -0.39 is 4.92 Å². The van der Waals surface area contributed by atoms with E-state index in [4.69, 9.17) is 16.3 Å². The van der Waals surface area contributed by atoms with E-state index in [1.54, 1.807) is 11.4 Å². The van der Waals surface area contributed by atoms with Crippen molar-refractivity contribution in [3.05, 3.63) is 43.3 Å². The van der Waals surface area contributed by atoms with Crippen LogP contribution in [0.5, 0.6) is 10.9 Å². The number of non-ortho nitro benzene ring substituents is 1. The summed E-state index contributed by atoms with van der Waals surface area (Å²) < 4.78 is 6.00. The van der Waals surface area contributed by atoms with Crippen LogP contribution in [0.2, 0.25) is 5.15 Å². The lowest BCUT2D eigenvalue weighted by Crippen LogP contribution is -1.90. The molecule has 2 aromatic rings. The van der Waals surface area contributed by atoms with Crippen LogP contribution in [0, 0.1) is 10.1 Å². The van der Waals surface area contributed by atoms with Crippen LogP contribution < -0.4 is 4.74 Å². The Hall–Kier alpha value is -1.18. The fraction of sp³-hybridized carbons (Fsp3) is 0. The first-order chi connectivity index (χ1) is 8.06. The SMILES string of the molecule is O=[N+]([O-])c1ccc(Br)c(Oc2nc(Cl)cs2)c1. The fourth-order valence-electron chi connectivity index (χ4n) is 1.06. The number of thiazole rings is 1. The summed E-state index contributed by atoms with van der Waals surface area (Å²) in [6.07, 6.45) is 0. The van der Waals surface area contributed by atoms with Crippen molar-refractivity contribution in [2.45, 2.75) is 0 Å². The van der Waals surface area contributed by atoms with Crippen molar-refractivity contribution >= 4 is 44.6 Å². The molecule has 2 rings (SSSR count). The normalized spacial score (nSPS) is 10.2. The number of benzene rings is 1. The van der Waals surface area contributed by atoms with Gasteiger partial charge < -0.3 is 4.74 Å². The summed E-state index contributed by atoms with van der Waals surface area (Å²) in [6.45, 7) is 0. The van der Waals surface area contributed by atoms with Gasteiger partial charge in [0.15, 0.2) is 5.75 Å². The zero-order valence-corrected chi connectivity index (χ0v) is 11.3. The highest BCUT2D eigenvalue weighted by atomic mass is 79.9. The molecule has 0 bridgehead atoms. The third-order valence-corrected chi connectivity index (χ3v) is 3.47. The predicted molar refractivity (Wildman–Crippen MR) is 68.0 cm³/mol. The maximum absolute atomic E-state index is 10.6. The summed E-state index contributed by atoms with van der Waals surface area (Å²) in [7, 11) is 0. The highest BCUT2D eigenvalue weighted by molar-refractivity contribution is 9.10. The van der Waals surface area contributed by atoms with Crippen LogP contribution in [-0.2, 0) is 0 Å². The lowest BCUT2D eigenvalue weighted by Gasteiger charge is -2.03. The first kappa shape index (κ1) is 12.3. The summed E-state index contributed by atoms with van der Waals surface area (Å²) in [5.74, 6) is 0.324. The highest BCUT2D eigenvalue weighted by Crippen LogP contribution is 2.34. The number of nitrogens with zero attached hydrogens (tertiary/aromatic N) is 2. The summed E-state index contributed by atoms with van der Waals surface area (Å²) in [6, 6.07) is 4.24. The van der Waals surface area contributed by atoms with E-state index in [0.717, 1.165) is 0 Å². The molecule has 0 atom stereocenters. The fourth-order valence-corrected chi connectivity index (χ4v) is 2.19. The van der Waals surface area contributed by atoms with Gasteiger partial charge in [0.2, 0.25) is 0 Å². The van der Waals surface area contributed by atoms with Crippen molar-refractivity contribution in [2.24, 2.45) is 0 Å². The molecule has 0 aliphatic carbocycles. The molecule has 0 aliphatic heterocycles. The molecule has 88 valence electrons. The van der Waals surface area contributed by atoms with Gasteiger partial charge in [0.1, 0.15) is 5.15 Å². The van der Waals surface area contributed by atoms with Gasteiger partial charge >= 0.3 is 0 Å². The Morgan fingerprint density at radius 1 is 1.53 bits per heavy atom. The minimum atomic E-state index is -0.492. The van der Waals surface area contributed by atoms with E-state index in [0.29, 0.717) is 20.6 Å². The maximum atomic E-state index is 10.6. The van der Waals surface area contributed by atoms with Gasteiger partial charge in [-0.05, 0) is 22.0 Å². The van der Waals surface area contributed by atoms with Gasteiger partial charge in [-0.15, -0.1) is 0 Å². The average molecular weight is 336 g/mol. The van der Waals surface area contributed by atoms with Crippen molar-refractivity contribution in [1.82, 2.24) is 4.98 Å². The topological polar surface area (TPSA) is 65.3 Å². The minimum absolute atomic E-state index is 0.0501. The first-order valence-electron chi connectivity index (χ1n) is 4.29. The molecular formula is C9H4BrClN2O3S. The monoisotopic (exact) mass is 334 g/mol. The first-order valence-corrected chi connectivity index (χ1v) is 6.34. The second-order valence-electron chi connectivity index (χ2n) is 2.91. The van der Waals surface area contributed by atoms with Gasteiger partial charge in [-0.25, -0.2) is 0 Å². The average Bonchev–Trinajstić information content (AvgIpc) is 2.67. The van der Waals surface area contributed by atoms with Crippen molar-refractivity contribution < 1.29 is 9.66 Å². The molecule has 0 saturated carbocycles. The molecule has 8 heteroatoms. The van der Waals surface area contributed by atoms with E-state index in [-0.39, 0.29) is 5.69 Å². The molecular weight excluding hydrogens is 332 g/mol. The third kappa shape index (κ3) is 2.93. The Labute approximate surface area is 113 Å². The van der Waals surface area contributed by atoms with Gasteiger partial charge in [0.05, 0.1) is 15.5 Å². The van der Waals surface area contributed by atoms with Crippen molar-refractivity contribution in [3.8, 4) is 10.9 Å². The zero-order valence-electron chi connectivity index (χ0n) is 8.09. The molecule has 1 aromatic carbocycles. The predicted octanol–water partition coefficient (Wildman–Crippen LogP) is 4.26. The van der Waals surface area contributed by atoms with Gasteiger partial charge in [-0.1, -0.05) is 22.9 Å². The van der Waals surface area contributed by atoms with Crippen LogP contribution in [-0.4, -0.2) is 9.91 Å². The molecule has 1 aromatic heterocycles. The van der Waals surface area contributed by atoms with Crippen LogP contribution in [0.25, 0.3) is 0 Å². The minimum Gasteiger partial charge on any atom is -0.429 e. The Kier molecular flexibility index (Phi) is 3.60. The number of hydrogen-bond acceptors (Lipinski definition) is 5. The molecule has 0 unspecified atom stereocenters. The second kappa shape index (κ2) is 4.99. The van der Waals surface area contributed by atoms with E-state index in [9.17, 15) is 10.1 Å².